The maximum Gasteiger partial charge on any atom is 0.306 e. The first-order valence-corrected chi connectivity index (χ1v) is 8.11. The Bertz CT molecular complexity index is 970. The summed E-state index contributed by atoms with van der Waals surface area (Å²) in [5.74, 6) is -11.2. The van der Waals surface area contributed by atoms with Gasteiger partial charge in [-0.2, -0.15) is 0 Å². The lowest BCUT2D eigenvalue weighted by atomic mass is 10.1. The van der Waals surface area contributed by atoms with Gasteiger partial charge in [-0.1, -0.05) is 18.2 Å². The fraction of sp³-hybridized carbons (Fsp3) is 0.211. The molecule has 0 atom stereocenters. The average Bonchev–Trinajstić information content (AvgIpc) is 3.08. The fourth-order valence-electron chi connectivity index (χ4n) is 2.76. The molecule has 3 rings (SSSR count). The number of aromatic amines is 1. The third-order valence-corrected chi connectivity index (χ3v) is 4.18. The molecule has 8 heteroatoms. The van der Waals surface area contributed by atoms with Gasteiger partial charge in [-0.3, -0.25) is 4.79 Å². The first-order valence-electron chi connectivity index (χ1n) is 8.11. The van der Waals surface area contributed by atoms with Gasteiger partial charge in [-0.25, -0.2) is 22.0 Å². The number of benzene rings is 2. The Morgan fingerprint density at radius 2 is 1.56 bits per heavy atom. The fourth-order valence-corrected chi connectivity index (χ4v) is 2.76. The summed E-state index contributed by atoms with van der Waals surface area (Å²) in [5, 5.41) is 1.02. The van der Waals surface area contributed by atoms with E-state index in [-0.39, 0.29) is 6.42 Å². The lowest BCUT2D eigenvalue weighted by molar-refractivity contribution is -0.145. The van der Waals surface area contributed by atoms with E-state index in [1.807, 2.05) is 30.5 Å². The first-order chi connectivity index (χ1) is 12.9. The minimum absolute atomic E-state index is 0.0606. The molecule has 0 aliphatic rings. The van der Waals surface area contributed by atoms with Crippen LogP contribution >= 0.6 is 0 Å². The third kappa shape index (κ3) is 3.79. The molecule has 1 N–H and O–H groups in total. The second kappa shape index (κ2) is 7.77. The summed E-state index contributed by atoms with van der Waals surface area (Å²) in [4.78, 5) is 14.8. The Labute approximate surface area is 150 Å². The number of fused-ring (bicyclic) bond motifs is 1. The van der Waals surface area contributed by atoms with E-state index in [4.69, 9.17) is 0 Å². The highest BCUT2D eigenvalue weighted by Gasteiger charge is 2.26. The van der Waals surface area contributed by atoms with Crippen LogP contribution in [-0.2, 0) is 22.6 Å². The topological polar surface area (TPSA) is 42.1 Å². The van der Waals surface area contributed by atoms with Crippen LogP contribution in [0.25, 0.3) is 10.9 Å². The van der Waals surface area contributed by atoms with Crippen LogP contribution in [0.15, 0.2) is 30.5 Å². The number of carbonyl (C=O) groups is 1. The quantitative estimate of drug-likeness (QED) is 0.284. The molecule has 0 aliphatic heterocycles. The molecule has 0 unspecified atom stereocenters. The molecule has 1 aromatic heterocycles. The number of carbonyl (C=O) groups excluding carboxylic acids is 1. The zero-order valence-corrected chi connectivity index (χ0v) is 13.9. The maximum absolute atomic E-state index is 13.5. The normalized spacial score (nSPS) is 11.1. The minimum Gasteiger partial charge on any atom is -0.461 e. The molecule has 0 amide bonds. The second-order valence-corrected chi connectivity index (χ2v) is 5.92. The summed E-state index contributed by atoms with van der Waals surface area (Å²) in [6.07, 6.45) is 2.72. The molecule has 142 valence electrons. The van der Waals surface area contributed by atoms with Crippen LogP contribution in [0.5, 0.6) is 0 Å². The molecule has 0 bridgehead atoms. The van der Waals surface area contributed by atoms with Gasteiger partial charge in [0, 0.05) is 23.5 Å². The molecule has 27 heavy (non-hydrogen) atoms. The van der Waals surface area contributed by atoms with Gasteiger partial charge < -0.3 is 9.72 Å². The number of halogens is 5. The molecule has 0 spiro atoms. The number of esters is 1. The highest BCUT2D eigenvalue weighted by atomic mass is 19.2. The maximum atomic E-state index is 13.5. The zero-order chi connectivity index (χ0) is 19.6. The molecule has 0 radical (unpaired) electrons. The number of ether oxygens (including phenoxy) is 1. The highest BCUT2D eigenvalue weighted by molar-refractivity contribution is 5.83. The van der Waals surface area contributed by atoms with Crippen molar-refractivity contribution in [2.75, 3.05) is 0 Å². The van der Waals surface area contributed by atoms with Gasteiger partial charge in [-0.05, 0) is 24.5 Å². The van der Waals surface area contributed by atoms with Gasteiger partial charge in [0.05, 0.1) is 5.56 Å². The monoisotopic (exact) mass is 383 g/mol. The standard InChI is InChI=1S/C19H14F5NO2/c20-15-12(16(21)18(23)19(24)17(15)22)9-27-14(26)7-3-4-10-8-25-13-6-2-1-5-11(10)13/h1-2,5-6,8,25H,3-4,7,9H2. The van der Waals surface area contributed by atoms with Crippen LogP contribution < -0.4 is 0 Å². The number of H-pyrrole nitrogens is 1. The number of aryl methyl sites for hydroxylation is 1. The van der Waals surface area contributed by atoms with Crippen molar-refractivity contribution in [2.45, 2.75) is 25.9 Å². The van der Waals surface area contributed by atoms with Crippen molar-refractivity contribution in [1.29, 1.82) is 0 Å². The molecule has 0 saturated carbocycles. The SMILES string of the molecule is O=C(CCCc1c[nH]c2ccccc12)OCc1c(F)c(F)c(F)c(F)c1F. The van der Waals surface area contributed by atoms with E-state index in [0.29, 0.717) is 12.8 Å². The van der Waals surface area contributed by atoms with E-state index in [0.717, 1.165) is 16.5 Å². The number of aromatic nitrogens is 1. The van der Waals surface area contributed by atoms with Crippen LogP contribution in [0.1, 0.15) is 24.0 Å². The van der Waals surface area contributed by atoms with Crippen molar-refractivity contribution in [3.05, 3.63) is 70.7 Å². The predicted molar refractivity (Wildman–Crippen MR) is 87.3 cm³/mol. The Balaban J connectivity index is 1.56. The lowest BCUT2D eigenvalue weighted by Crippen LogP contribution is -2.11. The first kappa shape index (κ1) is 18.9. The summed E-state index contributed by atoms with van der Waals surface area (Å²) in [6.45, 7) is -1.03. The minimum atomic E-state index is -2.25. The van der Waals surface area contributed by atoms with E-state index in [1.165, 1.54) is 0 Å². The number of hydrogen-bond donors (Lipinski definition) is 1. The average molecular weight is 383 g/mol. The zero-order valence-electron chi connectivity index (χ0n) is 13.9. The van der Waals surface area contributed by atoms with Crippen LogP contribution in [0.3, 0.4) is 0 Å². The molecular formula is C19H14F5NO2. The van der Waals surface area contributed by atoms with Crippen LogP contribution in [0, 0.1) is 29.1 Å². The Kier molecular flexibility index (Phi) is 5.43. The molecule has 3 aromatic rings. The van der Waals surface area contributed by atoms with Crippen molar-refractivity contribution in [3.8, 4) is 0 Å². The third-order valence-electron chi connectivity index (χ3n) is 4.18. The molecular weight excluding hydrogens is 369 g/mol. The van der Waals surface area contributed by atoms with Crippen molar-refractivity contribution in [3.63, 3.8) is 0 Å². The van der Waals surface area contributed by atoms with E-state index < -0.39 is 47.2 Å². The van der Waals surface area contributed by atoms with Crippen LogP contribution in [-0.4, -0.2) is 11.0 Å². The molecule has 0 aliphatic carbocycles. The predicted octanol–water partition coefficient (Wildman–Crippen LogP) is 4.93. The van der Waals surface area contributed by atoms with E-state index in [1.54, 1.807) is 0 Å². The molecule has 3 nitrogen and oxygen atoms in total. The highest BCUT2D eigenvalue weighted by Crippen LogP contribution is 2.24. The number of para-hydroxylation sites is 1. The van der Waals surface area contributed by atoms with Crippen molar-refractivity contribution in [2.24, 2.45) is 0 Å². The van der Waals surface area contributed by atoms with Gasteiger partial charge in [0.25, 0.3) is 0 Å². The van der Waals surface area contributed by atoms with Gasteiger partial charge in [0.15, 0.2) is 23.3 Å². The Hall–Kier alpha value is -2.90. The van der Waals surface area contributed by atoms with Crippen molar-refractivity contribution < 1.29 is 31.5 Å². The van der Waals surface area contributed by atoms with Gasteiger partial charge in [-0.15, -0.1) is 0 Å². The Morgan fingerprint density at radius 1 is 0.926 bits per heavy atom. The summed E-state index contributed by atoms with van der Waals surface area (Å²) in [5.41, 5.74) is 0.788. The van der Waals surface area contributed by atoms with E-state index >= 15 is 0 Å². The second-order valence-electron chi connectivity index (χ2n) is 5.92. The smallest absolute Gasteiger partial charge is 0.306 e. The van der Waals surface area contributed by atoms with E-state index in [9.17, 15) is 26.7 Å². The molecule has 0 fully saturated rings. The molecule has 1 heterocycles. The molecule has 2 aromatic carbocycles. The van der Waals surface area contributed by atoms with Gasteiger partial charge in [0.1, 0.15) is 6.61 Å². The molecule has 0 saturated heterocycles. The largest absolute Gasteiger partial charge is 0.461 e. The number of nitrogens with one attached hydrogen (secondary N) is 1. The van der Waals surface area contributed by atoms with Crippen molar-refractivity contribution in [1.82, 2.24) is 4.98 Å². The lowest BCUT2D eigenvalue weighted by Gasteiger charge is -2.09. The van der Waals surface area contributed by atoms with E-state index in [2.05, 4.69) is 9.72 Å². The summed E-state index contributed by atoms with van der Waals surface area (Å²) < 4.78 is 70.9. The van der Waals surface area contributed by atoms with Crippen molar-refractivity contribution >= 4 is 16.9 Å². The summed E-state index contributed by atoms with van der Waals surface area (Å²) in [6, 6.07) is 7.62. The summed E-state index contributed by atoms with van der Waals surface area (Å²) >= 11 is 0. The van der Waals surface area contributed by atoms with Crippen LogP contribution in [0.4, 0.5) is 22.0 Å². The van der Waals surface area contributed by atoms with Gasteiger partial charge >= 0.3 is 5.97 Å². The van der Waals surface area contributed by atoms with Gasteiger partial charge in [0.2, 0.25) is 5.82 Å². The summed E-state index contributed by atoms with van der Waals surface area (Å²) in [7, 11) is 0. The number of hydrogen-bond acceptors (Lipinski definition) is 2. The number of rotatable bonds is 6. The van der Waals surface area contributed by atoms with Crippen LogP contribution in [0.2, 0.25) is 0 Å². The Morgan fingerprint density at radius 3 is 2.26 bits per heavy atom.